The molecular weight excluding hydrogens is 184 g/mol. The van der Waals surface area contributed by atoms with Crippen LogP contribution in [0.1, 0.15) is 16.7 Å². The Morgan fingerprint density at radius 2 is 1.93 bits per heavy atom. The minimum atomic E-state index is 0.583. The summed E-state index contributed by atoms with van der Waals surface area (Å²) in [5.41, 5.74) is 9.43. The average Bonchev–Trinajstić information content (AvgIpc) is 2.17. The number of rotatable bonds is 2. The van der Waals surface area contributed by atoms with Gasteiger partial charge in [0.15, 0.2) is 0 Å². The van der Waals surface area contributed by atoms with E-state index in [1.807, 2.05) is 12.1 Å². The number of hydrogen-bond acceptors (Lipinski definition) is 2. The van der Waals surface area contributed by atoms with Gasteiger partial charge in [0.25, 0.3) is 0 Å². The number of nitrogens with zero attached hydrogens (tertiary/aromatic N) is 1. The molecule has 0 radical (unpaired) electrons. The fraction of sp³-hybridized carbons (Fsp3) is 0.154. The highest BCUT2D eigenvalue weighted by Crippen LogP contribution is 2.12. The summed E-state index contributed by atoms with van der Waals surface area (Å²) in [4.78, 5) is 3.98. The Morgan fingerprint density at radius 1 is 1.13 bits per heavy atom. The molecule has 0 bridgehead atoms. The van der Waals surface area contributed by atoms with Crippen molar-refractivity contribution in [2.24, 2.45) is 0 Å². The second-order valence-electron chi connectivity index (χ2n) is 3.75. The van der Waals surface area contributed by atoms with Crippen LogP contribution in [-0.4, -0.2) is 4.98 Å². The summed E-state index contributed by atoms with van der Waals surface area (Å²) >= 11 is 0. The molecule has 0 saturated carbocycles. The summed E-state index contributed by atoms with van der Waals surface area (Å²) in [5.74, 6) is 0.583. The van der Waals surface area contributed by atoms with Crippen LogP contribution in [0, 0.1) is 6.92 Å². The van der Waals surface area contributed by atoms with Gasteiger partial charge in [0, 0.05) is 6.20 Å². The van der Waals surface area contributed by atoms with Gasteiger partial charge < -0.3 is 5.73 Å². The summed E-state index contributed by atoms with van der Waals surface area (Å²) in [6.07, 6.45) is 2.66. The Bertz CT molecular complexity index is 420. The first-order chi connectivity index (χ1) is 7.24. The molecule has 0 aliphatic rings. The standard InChI is InChI=1S/C13H14N2/c1-10-3-2-4-11(7-10)8-12-5-6-15-13(14)9-12/h2-7,9H,8H2,1H3,(H2,14,15). The van der Waals surface area contributed by atoms with Crippen LogP contribution < -0.4 is 5.73 Å². The van der Waals surface area contributed by atoms with Crippen molar-refractivity contribution in [3.8, 4) is 0 Å². The van der Waals surface area contributed by atoms with Crippen molar-refractivity contribution in [1.82, 2.24) is 4.98 Å². The van der Waals surface area contributed by atoms with Crippen LogP contribution >= 0.6 is 0 Å². The van der Waals surface area contributed by atoms with E-state index >= 15 is 0 Å². The monoisotopic (exact) mass is 198 g/mol. The smallest absolute Gasteiger partial charge is 0.123 e. The molecule has 2 heteroatoms. The summed E-state index contributed by atoms with van der Waals surface area (Å²) in [6.45, 7) is 2.10. The quantitative estimate of drug-likeness (QED) is 0.805. The van der Waals surface area contributed by atoms with Crippen molar-refractivity contribution in [3.63, 3.8) is 0 Å². The van der Waals surface area contributed by atoms with Gasteiger partial charge in [-0.05, 0) is 36.6 Å². The largest absolute Gasteiger partial charge is 0.384 e. The highest BCUT2D eigenvalue weighted by atomic mass is 14.8. The molecule has 1 heterocycles. The number of benzene rings is 1. The van der Waals surface area contributed by atoms with E-state index in [4.69, 9.17) is 5.73 Å². The summed E-state index contributed by atoms with van der Waals surface area (Å²) in [7, 11) is 0. The number of aromatic nitrogens is 1. The molecule has 2 N–H and O–H groups in total. The predicted octanol–water partition coefficient (Wildman–Crippen LogP) is 2.56. The minimum absolute atomic E-state index is 0.583. The van der Waals surface area contributed by atoms with Crippen molar-refractivity contribution in [3.05, 3.63) is 59.3 Å². The Kier molecular flexibility index (Phi) is 2.68. The summed E-state index contributed by atoms with van der Waals surface area (Å²) < 4.78 is 0. The van der Waals surface area contributed by atoms with Gasteiger partial charge in [-0.3, -0.25) is 0 Å². The first kappa shape index (κ1) is 9.71. The molecule has 15 heavy (non-hydrogen) atoms. The highest BCUT2D eigenvalue weighted by molar-refractivity contribution is 5.35. The van der Waals surface area contributed by atoms with E-state index in [1.165, 1.54) is 16.7 Å². The third kappa shape index (κ3) is 2.56. The van der Waals surface area contributed by atoms with Gasteiger partial charge in [-0.1, -0.05) is 29.8 Å². The van der Waals surface area contributed by atoms with Crippen molar-refractivity contribution in [2.75, 3.05) is 5.73 Å². The van der Waals surface area contributed by atoms with Gasteiger partial charge in [-0.2, -0.15) is 0 Å². The van der Waals surface area contributed by atoms with Crippen molar-refractivity contribution >= 4 is 5.82 Å². The maximum atomic E-state index is 5.63. The minimum Gasteiger partial charge on any atom is -0.384 e. The van der Waals surface area contributed by atoms with Gasteiger partial charge in [-0.15, -0.1) is 0 Å². The topological polar surface area (TPSA) is 38.9 Å². The first-order valence-electron chi connectivity index (χ1n) is 5.00. The Hall–Kier alpha value is -1.83. The predicted molar refractivity (Wildman–Crippen MR) is 62.6 cm³/mol. The number of aryl methyl sites for hydroxylation is 1. The van der Waals surface area contributed by atoms with Crippen LogP contribution in [0.2, 0.25) is 0 Å². The van der Waals surface area contributed by atoms with E-state index in [0.717, 1.165) is 6.42 Å². The van der Waals surface area contributed by atoms with Crippen LogP contribution in [0.15, 0.2) is 42.6 Å². The number of nitrogens with two attached hydrogens (primary N) is 1. The molecule has 0 spiro atoms. The lowest BCUT2D eigenvalue weighted by atomic mass is 10.0. The van der Waals surface area contributed by atoms with Crippen molar-refractivity contribution in [1.29, 1.82) is 0 Å². The zero-order valence-electron chi connectivity index (χ0n) is 8.77. The third-order valence-corrected chi connectivity index (χ3v) is 2.34. The molecule has 0 amide bonds. The lowest BCUT2D eigenvalue weighted by molar-refractivity contribution is 1.16. The molecular formula is C13H14N2. The van der Waals surface area contributed by atoms with Gasteiger partial charge in [0.05, 0.1) is 0 Å². The van der Waals surface area contributed by atoms with Crippen LogP contribution in [0.5, 0.6) is 0 Å². The maximum absolute atomic E-state index is 5.63. The van der Waals surface area contributed by atoms with Crippen LogP contribution in [0.3, 0.4) is 0 Å². The van der Waals surface area contributed by atoms with E-state index in [0.29, 0.717) is 5.82 Å². The number of nitrogen functional groups attached to an aromatic ring is 1. The molecule has 1 aromatic carbocycles. The van der Waals surface area contributed by atoms with E-state index in [1.54, 1.807) is 6.20 Å². The second-order valence-corrected chi connectivity index (χ2v) is 3.75. The SMILES string of the molecule is Cc1cccc(Cc2ccnc(N)c2)c1. The zero-order valence-corrected chi connectivity index (χ0v) is 8.77. The Morgan fingerprint density at radius 3 is 2.67 bits per heavy atom. The Labute approximate surface area is 89.8 Å². The normalized spacial score (nSPS) is 10.2. The fourth-order valence-corrected chi connectivity index (χ4v) is 1.66. The van der Waals surface area contributed by atoms with Crippen molar-refractivity contribution in [2.45, 2.75) is 13.3 Å². The molecule has 0 aliphatic carbocycles. The first-order valence-corrected chi connectivity index (χ1v) is 5.00. The molecule has 2 nitrogen and oxygen atoms in total. The molecule has 0 saturated heterocycles. The van der Waals surface area contributed by atoms with E-state index < -0.39 is 0 Å². The highest BCUT2D eigenvalue weighted by Gasteiger charge is 1.97. The van der Waals surface area contributed by atoms with Crippen LogP contribution in [0.25, 0.3) is 0 Å². The van der Waals surface area contributed by atoms with E-state index in [2.05, 4.69) is 36.2 Å². The van der Waals surface area contributed by atoms with Gasteiger partial charge in [-0.25, -0.2) is 4.98 Å². The van der Waals surface area contributed by atoms with Crippen LogP contribution in [0.4, 0.5) is 5.82 Å². The molecule has 0 fully saturated rings. The molecule has 2 aromatic rings. The average molecular weight is 198 g/mol. The van der Waals surface area contributed by atoms with Gasteiger partial charge in [0.1, 0.15) is 5.82 Å². The fourth-order valence-electron chi connectivity index (χ4n) is 1.66. The Balaban J connectivity index is 2.22. The van der Waals surface area contributed by atoms with E-state index in [-0.39, 0.29) is 0 Å². The lowest BCUT2D eigenvalue weighted by Crippen LogP contribution is -1.93. The third-order valence-electron chi connectivity index (χ3n) is 2.34. The number of anilines is 1. The summed E-state index contributed by atoms with van der Waals surface area (Å²) in [5, 5.41) is 0. The molecule has 0 atom stereocenters. The lowest BCUT2D eigenvalue weighted by Gasteiger charge is -2.03. The second kappa shape index (κ2) is 4.13. The molecule has 0 aliphatic heterocycles. The van der Waals surface area contributed by atoms with Gasteiger partial charge >= 0.3 is 0 Å². The molecule has 2 rings (SSSR count). The molecule has 1 aromatic heterocycles. The van der Waals surface area contributed by atoms with Crippen molar-refractivity contribution < 1.29 is 0 Å². The van der Waals surface area contributed by atoms with Crippen LogP contribution in [-0.2, 0) is 6.42 Å². The summed E-state index contributed by atoms with van der Waals surface area (Å²) in [6, 6.07) is 12.4. The number of pyridine rings is 1. The maximum Gasteiger partial charge on any atom is 0.123 e. The van der Waals surface area contributed by atoms with Gasteiger partial charge in [0.2, 0.25) is 0 Å². The molecule has 76 valence electrons. The number of hydrogen-bond donors (Lipinski definition) is 1. The zero-order chi connectivity index (χ0) is 10.7. The van der Waals surface area contributed by atoms with E-state index in [9.17, 15) is 0 Å². The molecule has 0 unspecified atom stereocenters.